The third-order valence-corrected chi connectivity index (χ3v) is 6.85. The fourth-order valence-electron chi connectivity index (χ4n) is 3.53. The molecule has 0 atom stereocenters. The number of nitrogens with zero attached hydrogens (tertiary/aromatic N) is 2. The predicted molar refractivity (Wildman–Crippen MR) is 101 cm³/mol. The second-order valence-electron chi connectivity index (χ2n) is 6.85. The van der Waals surface area contributed by atoms with E-state index in [0.29, 0.717) is 18.5 Å². The summed E-state index contributed by atoms with van der Waals surface area (Å²) in [5.41, 5.74) is 0. The maximum atomic E-state index is 12.0. The van der Waals surface area contributed by atoms with Crippen molar-refractivity contribution >= 4 is 34.1 Å². The number of aromatic nitrogens is 2. The number of carbonyl (C=O) groups excluding carboxylic acids is 1. The van der Waals surface area contributed by atoms with Crippen LogP contribution in [-0.4, -0.2) is 33.9 Å². The van der Waals surface area contributed by atoms with Crippen LogP contribution < -0.4 is 10.6 Å². The first-order chi connectivity index (χ1) is 11.8. The average Bonchev–Trinajstić information content (AvgIpc) is 3.04. The van der Waals surface area contributed by atoms with Crippen LogP contribution in [0.1, 0.15) is 70.6 Å². The van der Waals surface area contributed by atoms with Gasteiger partial charge in [0.1, 0.15) is 0 Å². The molecule has 0 aliphatic heterocycles. The Balaban J connectivity index is 1.33. The Morgan fingerprint density at radius 1 is 1.00 bits per heavy atom. The highest BCUT2D eigenvalue weighted by atomic mass is 32.2. The van der Waals surface area contributed by atoms with E-state index in [-0.39, 0.29) is 5.91 Å². The van der Waals surface area contributed by atoms with Gasteiger partial charge in [0.05, 0.1) is 0 Å². The quantitative estimate of drug-likeness (QED) is 0.706. The van der Waals surface area contributed by atoms with Crippen LogP contribution in [0.4, 0.5) is 5.13 Å². The van der Waals surface area contributed by atoms with Gasteiger partial charge in [0.2, 0.25) is 11.0 Å². The first-order valence-corrected chi connectivity index (χ1v) is 11.1. The lowest BCUT2D eigenvalue weighted by Crippen LogP contribution is -2.36. The van der Waals surface area contributed by atoms with Gasteiger partial charge in [-0.2, -0.15) is 0 Å². The highest BCUT2D eigenvalue weighted by molar-refractivity contribution is 8.01. The minimum atomic E-state index is 0.180. The fraction of sp³-hybridized carbons (Fsp3) is 0.824. The minimum Gasteiger partial charge on any atom is -0.357 e. The first kappa shape index (κ1) is 18.0. The van der Waals surface area contributed by atoms with Crippen LogP contribution in [0.15, 0.2) is 4.34 Å². The Hall–Kier alpha value is -0.820. The van der Waals surface area contributed by atoms with Crippen molar-refractivity contribution in [3.05, 3.63) is 0 Å². The predicted octanol–water partition coefficient (Wildman–Crippen LogP) is 4.21. The molecule has 7 heteroatoms. The van der Waals surface area contributed by atoms with E-state index in [0.717, 1.165) is 28.1 Å². The summed E-state index contributed by atoms with van der Waals surface area (Å²) in [7, 11) is 0. The zero-order chi connectivity index (χ0) is 16.6. The Kier molecular flexibility index (Phi) is 7.20. The van der Waals surface area contributed by atoms with Gasteiger partial charge >= 0.3 is 0 Å². The molecule has 0 saturated heterocycles. The van der Waals surface area contributed by atoms with Crippen molar-refractivity contribution in [3.8, 4) is 0 Å². The molecule has 0 spiro atoms. The zero-order valence-corrected chi connectivity index (χ0v) is 15.9. The molecule has 1 heterocycles. The van der Waals surface area contributed by atoms with Crippen LogP contribution in [0, 0.1) is 0 Å². The first-order valence-electron chi connectivity index (χ1n) is 9.32. The number of thioether (sulfide) groups is 1. The molecule has 1 aromatic rings. The van der Waals surface area contributed by atoms with Crippen LogP contribution >= 0.6 is 23.1 Å². The number of nitrogens with one attached hydrogen (secondary N) is 2. The van der Waals surface area contributed by atoms with Gasteiger partial charge < -0.3 is 10.6 Å². The highest BCUT2D eigenvalue weighted by Gasteiger charge is 2.17. The summed E-state index contributed by atoms with van der Waals surface area (Å²) in [5.74, 6) is 0.954. The van der Waals surface area contributed by atoms with Crippen LogP contribution in [0.25, 0.3) is 0 Å². The summed E-state index contributed by atoms with van der Waals surface area (Å²) >= 11 is 3.25. The summed E-state index contributed by atoms with van der Waals surface area (Å²) in [5, 5.41) is 16.1. The third kappa shape index (κ3) is 5.92. The SMILES string of the molecule is O=C(CCSc1nnc(NC2CCCCC2)s1)NC1CCCCC1. The highest BCUT2D eigenvalue weighted by Crippen LogP contribution is 2.28. The monoisotopic (exact) mass is 368 g/mol. The lowest BCUT2D eigenvalue weighted by atomic mass is 9.95. The van der Waals surface area contributed by atoms with Gasteiger partial charge in [0.25, 0.3) is 0 Å². The molecule has 5 nitrogen and oxygen atoms in total. The molecule has 1 aromatic heterocycles. The van der Waals surface area contributed by atoms with Gasteiger partial charge in [0.15, 0.2) is 4.34 Å². The Labute approximate surface area is 152 Å². The molecule has 0 bridgehead atoms. The average molecular weight is 369 g/mol. The molecule has 2 N–H and O–H groups in total. The second-order valence-corrected chi connectivity index (χ2v) is 9.17. The number of anilines is 1. The van der Waals surface area contributed by atoms with Crippen molar-refractivity contribution < 1.29 is 4.79 Å². The van der Waals surface area contributed by atoms with Crippen molar-refractivity contribution in [3.63, 3.8) is 0 Å². The van der Waals surface area contributed by atoms with E-state index in [2.05, 4.69) is 20.8 Å². The number of hydrogen-bond donors (Lipinski definition) is 2. The van der Waals surface area contributed by atoms with Gasteiger partial charge in [0, 0.05) is 24.3 Å². The molecule has 24 heavy (non-hydrogen) atoms. The summed E-state index contributed by atoms with van der Waals surface area (Å²) in [6.45, 7) is 0. The van der Waals surface area contributed by atoms with Gasteiger partial charge in [-0.15, -0.1) is 10.2 Å². The zero-order valence-electron chi connectivity index (χ0n) is 14.3. The Morgan fingerprint density at radius 2 is 1.67 bits per heavy atom. The normalized spacial score (nSPS) is 20.0. The largest absolute Gasteiger partial charge is 0.357 e. The van der Waals surface area contributed by atoms with E-state index < -0.39 is 0 Å². The molecule has 2 fully saturated rings. The maximum Gasteiger partial charge on any atom is 0.221 e. The van der Waals surface area contributed by atoms with E-state index in [1.165, 1.54) is 51.4 Å². The van der Waals surface area contributed by atoms with E-state index in [9.17, 15) is 4.79 Å². The summed E-state index contributed by atoms with van der Waals surface area (Å²) in [6.07, 6.45) is 13.1. The van der Waals surface area contributed by atoms with Crippen molar-refractivity contribution in [1.82, 2.24) is 15.5 Å². The van der Waals surface area contributed by atoms with E-state index in [4.69, 9.17) is 0 Å². The van der Waals surface area contributed by atoms with Crippen molar-refractivity contribution in [2.45, 2.75) is 87.1 Å². The third-order valence-electron chi connectivity index (χ3n) is 4.86. The lowest BCUT2D eigenvalue weighted by Gasteiger charge is -2.22. The summed E-state index contributed by atoms with van der Waals surface area (Å²) in [6, 6.07) is 0.967. The summed E-state index contributed by atoms with van der Waals surface area (Å²) in [4.78, 5) is 12.0. The van der Waals surface area contributed by atoms with E-state index in [1.807, 2.05) is 0 Å². The minimum absolute atomic E-state index is 0.180. The molecule has 1 amide bonds. The fourth-order valence-corrected chi connectivity index (χ4v) is 5.36. The van der Waals surface area contributed by atoms with Crippen LogP contribution in [0.3, 0.4) is 0 Å². The smallest absolute Gasteiger partial charge is 0.221 e. The van der Waals surface area contributed by atoms with Crippen LogP contribution in [-0.2, 0) is 4.79 Å². The molecule has 2 aliphatic carbocycles. The molecule has 0 unspecified atom stereocenters. The number of carbonyl (C=O) groups is 1. The topological polar surface area (TPSA) is 66.9 Å². The molecule has 0 radical (unpaired) electrons. The standard InChI is InChI=1S/C17H28N4OS2/c22-15(18-13-7-3-1-4-8-13)11-12-23-17-21-20-16(24-17)19-14-9-5-2-6-10-14/h13-14H,1-12H2,(H,18,22)(H,19,20). The van der Waals surface area contributed by atoms with Crippen molar-refractivity contribution in [1.29, 1.82) is 0 Å². The van der Waals surface area contributed by atoms with Gasteiger partial charge in [-0.3, -0.25) is 4.79 Å². The van der Waals surface area contributed by atoms with Crippen LogP contribution in [0.5, 0.6) is 0 Å². The number of hydrogen-bond acceptors (Lipinski definition) is 6. The van der Waals surface area contributed by atoms with E-state index in [1.54, 1.807) is 23.1 Å². The van der Waals surface area contributed by atoms with Crippen molar-refractivity contribution in [2.24, 2.45) is 0 Å². The van der Waals surface area contributed by atoms with Gasteiger partial charge in [-0.1, -0.05) is 61.6 Å². The van der Waals surface area contributed by atoms with Gasteiger partial charge in [-0.05, 0) is 25.7 Å². The number of amides is 1. The molecule has 134 valence electrons. The molecule has 2 aliphatic rings. The number of rotatable bonds is 7. The van der Waals surface area contributed by atoms with E-state index >= 15 is 0 Å². The van der Waals surface area contributed by atoms with Crippen LogP contribution in [0.2, 0.25) is 0 Å². The molecule has 0 aromatic carbocycles. The Bertz CT molecular complexity index is 510. The Morgan fingerprint density at radius 3 is 2.38 bits per heavy atom. The second kappa shape index (κ2) is 9.61. The summed E-state index contributed by atoms with van der Waals surface area (Å²) < 4.78 is 0.957. The molecule has 2 saturated carbocycles. The molecular formula is C17H28N4OS2. The van der Waals surface area contributed by atoms with Crippen molar-refractivity contribution in [2.75, 3.05) is 11.1 Å². The maximum absolute atomic E-state index is 12.0. The van der Waals surface area contributed by atoms with Gasteiger partial charge in [-0.25, -0.2) is 0 Å². The molecular weight excluding hydrogens is 340 g/mol. The molecule has 3 rings (SSSR count). The lowest BCUT2D eigenvalue weighted by molar-refractivity contribution is -0.121.